The van der Waals surface area contributed by atoms with Crippen LogP contribution in [-0.4, -0.2) is 59.4 Å². The number of hydrogen-bond donors (Lipinski definition) is 1. The maximum absolute atomic E-state index is 11.5. The number of carbonyl (C=O) groups excluding carboxylic acids is 1. The van der Waals surface area contributed by atoms with E-state index in [0.717, 1.165) is 43.2 Å². The average molecular weight is 361 g/mol. The lowest BCUT2D eigenvalue weighted by Gasteiger charge is -2.24. The predicted octanol–water partition coefficient (Wildman–Crippen LogP) is 3.72. The highest BCUT2D eigenvalue weighted by Gasteiger charge is 2.16. The molecule has 0 saturated carbocycles. The summed E-state index contributed by atoms with van der Waals surface area (Å²) in [4.78, 5) is 16.8. The van der Waals surface area contributed by atoms with Gasteiger partial charge >= 0.3 is 0 Å². The van der Waals surface area contributed by atoms with Crippen LogP contribution in [0.4, 0.5) is 0 Å². The summed E-state index contributed by atoms with van der Waals surface area (Å²) in [5.41, 5.74) is 0.995. The number of rotatable bonds is 12. The number of allylic oxidation sites excluding steroid dienone is 1. The van der Waals surface area contributed by atoms with Crippen molar-refractivity contribution in [2.75, 3.05) is 32.8 Å². The molecular formula is C17H32N2O2S2. The zero-order chi connectivity index (χ0) is 17.1. The lowest BCUT2D eigenvalue weighted by atomic mass is 10.3. The molecule has 1 aliphatic rings. The van der Waals surface area contributed by atoms with E-state index in [-0.39, 0.29) is 6.61 Å². The number of amides is 1. The number of hydrogen-bond acceptors (Lipinski definition) is 5. The van der Waals surface area contributed by atoms with Gasteiger partial charge in [0.15, 0.2) is 0 Å². The van der Waals surface area contributed by atoms with Gasteiger partial charge in [0.05, 0.1) is 0 Å². The molecule has 1 heterocycles. The first-order valence-electron chi connectivity index (χ1n) is 8.70. The van der Waals surface area contributed by atoms with Gasteiger partial charge in [0.1, 0.15) is 0 Å². The Balaban J connectivity index is 2.61. The standard InChI is InChI=1S/C17H32N2O2S2/c1-4-7-15(2)22-23-17(8-13-20)16(3)19(14-21)12-11-18-9-5-6-10-18/h14-15,20H,4-13H2,1-3H3. The van der Waals surface area contributed by atoms with Crippen molar-refractivity contribution >= 4 is 28.0 Å². The molecule has 1 saturated heterocycles. The SMILES string of the molecule is CCCC(C)SSC(CCO)=C(C)N(C=O)CCN1CCCC1. The van der Waals surface area contributed by atoms with Crippen molar-refractivity contribution in [2.24, 2.45) is 0 Å². The van der Waals surface area contributed by atoms with Gasteiger partial charge in [0, 0.05) is 42.0 Å². The Morgan fingerprint density at radius 3 is 2.65 bits per heavy atom. The Morgan fingerprint density at radius 1 is 1.39 bits per heavy atom. The minimum atomic E-state index is 0.126. The van der Waals surface area contributed by atoms with Crippen molar-refractivity contribution in [1.29, 1.82) is 0 Å². The Bertz CT molecular complexity index is 372. The molecule has 23 heavy (non-hydrogen) atoms. The van der Waals surface area contributed by atoms with Gasteiger partial charge in [-0.15, -0.1) is 0 Å². The summed E-state index contributed by atoms with van der Waals surface area (Å²) < 4.78 is 0. The molecule has 0 aromatic rings. The van der Waals surface area contributed by atoms with Gasteiger partial charge in [0.25, 0.3) is 0 Å². The van der Waals surface area contributed by atoms with E-state index in [4.69, 9.17) is 0 Å². The zero-order valence-corrected chi connectivity index (χ0v) is 16.4. The van der Waals surface area contributed by atoms with E-state index in [1.165, 1.54) is 25.7 Å². The van der Waals surface area contributed by atoms with E-state index < -0.39 is 0 Å². The molecule has 1 aliphatic heterocycles. The molecule has 0 aromatic heterocycles. The normalized spacial score (nSPS) is 17.9. The summed E-state index contributed by atoms with van der Waals surface area (Å²) in [6.07, 6.45) is 6.47. The molecule has 1 N–H and O–H groups in total. The lowest BCUT2D eigenvalue weighted by molar-refractivity contribution is -0.116. The number of aliphatic hydroxyl groups excluding tert-OH is 1. The summed E-state index contributed by atoms with van der Waals surface area (Å²) in [5.74, 6) is 0. The highest BCUT2D eigenvalue weighted by molar-refractivity contribution is 8.78. The molecule has 0 aliphatic carbocycles. The molecule has 1 amide bonds. The molecular weight excluding hydrogens is 328 g/mol. The van der Waals surface area contributed by atoms with Crippen molar-refractivity contribution in [2.45, 2.75) is 58.1 Å². The van der Waals surface area contributed by atoms with Crippen molar-refractivity contribution < 1.29 is 9.90 Å². The number of likely N-dealkylation sites (tertiary alicyclic amines) is 1. The molecule has 1 fully saturated rings. The Morgan fingerprint density at radius 2 is 2.09 bits per heavy atom. The topological polar surface area (TPSA) is 43.8 Å². The molecule has 0 bridgehead atoms. The van der Waals surface area contributed by atoms with E-state index in [2.05, 4.69) is 18.7 Å². The van der Waals surface area contributed by atoms with Gasteiger partial charge in [0.2, 0.25) is 6.41 Å². The van der Waals surface area contributed by atoms with Gasteiger partial charge < -0.3 is 14.9 Å². The largest absolute Gasteiger partial charge is 0.396 e. The van der Waals surface area contributed by atoms with Crippen molar-refractivity contribution in [3.63, 3.8) is 0 Å². The summed E-state index contributed by atoms with van der Waals surface area (Å²) in [5, 5.41) is 9.92. The number of carbonyl (C=O) groups is 1. The fourth-order valence-electron chi connectivity index (χ4n) is 2.69. The van der Waals surface area contributed by atoms with Gasteiger partial charge in [-0.3, -0.25) is 4.79 Å². The van der Waals surface area contributed by atoms with Crippen LogP contribution in [0.1, 0.15) is 52.9 Å². The summed E-state index contributed by atoms with van der Waals surface area (Å²) >= 11 is 0. The maximum atomic E-state index is 11.5. The lowest BCUT2D eigenvalue weighted by Crippen LogP contribution is -2.32. The predicted molar refractivity (Wildman–Crippen MR) is 102 cm³/mol. The molecule has 1 rings (SSSR count). The van der Waals surface area contributed by atoms with Crippen molar-refractivity contribution in [1.82, 2.24) is 9.80 Å². The van der Waals surface area contributed by atoms with Crippen molar-refractivity contribution in [3.05, 3.63) is 10.6 Å². The first kappa shape index (κ1) is 20.9. The van der Waals surface area contributed by atoms with E-state index in [1.54, 1.807) is 15.7 Å². The van der Waals surface area contributed by atoms with Gasteiger partial charge in [-0.2, -0.15) is 0 Å². The summed E-state index contributed by atoms with van der Waals surface area (Å²) in [6, 6.07) is 0. The van der Waals surface area contributed by atoms with Gasteiger partial charge in [-0.1, -0.05) is 41.9 Å². The van der Waals surface area contributed by atoms with E-state index in [0.29, 0.717) is 11.7 Å². The van der Waals surface area contributed by atoms with Crippen LogP contribution in [0.5, 0.6) is 0 Å². The number of nitrogens with zero attached hydrogens (tertiary/aromatic N) is 2. The Hall–Kier alpha value is -0.170. The Kier molecular flexibility index (Phi) is 11.1. The van der Waals surface area contributed by atoms with Crippen LogP contribution in [0.2, 0.25) is 0 Å². The molecule has 1 atom stereocenters. The molecule has 0 spiro atoms. The quantitative estimate of drug-likeness (QED) is 0.424. The van der Waals surface area contributed by atoms with E-state index in [9.17, 15) is 9.90 Å². The highest BCUT2D eigenvalue weighted by atomic mass is 33.1. The summed E-state index contributed by atoms with van der Waals surface area (Å²) in [6.45, 7) is 10.5. The van der Waals surface area contributed by atoms with Crippen molar-refractivity contribution in [3.8, 4) is 0 Å². The van der Waals surface area contributed by atoms with Crippen LogP contribution in [0.3, 0.4) is 0 Å². The second-order valence-electron chi connectivity index (χ2n) is 6.11. The molecule has 134 valence electrons. The molecule has 0 radical (unpaired) electrons. The van der Waals surface area contributed by atoms with E-state index in [1.807, 2.05) is 17.7 Å². The fourth-order valence-corrected chi connectivity index (χ4v) is 5.46. The zero-order valence-electron chi connectivity index (χ0n) is 14.8. The summed E-state index contributed by atoms with van der Waals surface area (Å²) in [7, 11) is 3.57. The third-order valence-electron chi connectivity index (χ3n) is 4.16. The Labute approximate surface area is 149 Å². The van der Waals surface area contributed by atoms with Crippen LogP contribution in [0.15, 0.2) is 10.6 Å². The monoisotopic (exact) mass is 360 g/mol. The smallest absolute Gasteiger partial charge is 0.213 e. The molecule has 0 aromatic carbocycles. The average Bonchev–Trinajstić information content (AvgIpc) is 3.05. The third kappa shape index (κ3) is 7.96. The number of aliphatic hydroxyl groups is 1. The van der Waals surface area contributed by atoms with Crippen LogP contribution in [-0.2, 0) is 4.79 Å². The van der Waals surface area contributed by atoms with Crippen LogP contribution < -0.4 is 0 Å². The molecule has 4 nitrogen and oxygen atoms in total. The maximum Gasteiger partial charge on any atom is 0.213 e. The van der Waals surface area contributed by atoms with Crippen LogP contribution in [0, 0.1) is 0 Å². The van der Waals surface area contributed by atoms with Crippen LogP contribution >= 0.6 is 21.6 Å². The second kappa shape index (κ2) is 12.2. The molecule has 1 unspecified atom stereocenters. The first-order chi connectivity index (χ1) is 11.1. The van der Waals surface area contributed by atoms with Crippen LogP contribution in [0.25, 0.3) is 0 Å². The first-order valence-corrected chi connectivity index (χ1v) is 10.9. The van der Waals surface area contributed by atoms with Gasteiger partial charge in [-0.25, -0.2) is 0 Å². The minimum Gasteiger partial charge on any atom is -0.396 e. The third-order valence-corrected chi connectivity index (χ3v) is 7.40. The fraction of sp³-hybridized carbons (Fsp3) is 0.824. The highest BCUT2D eigenvalue weighted by Crippen LogP contribution is 2.38. The minimum absolute atomic E-state index is 0.126. The second-order valence-corrected chi connectivity index (χ2v) is 8.84. The van der Waals surface area contributed by atoms with Gasteiger partial charge in [-0.05, 0) is 39.3 Å². The van der Waals surface area contributed by atoms with E-state index >= 15 is 0 Å². The molecule has 6 heteroatoms.